The third kappa shape index (κ3) is 5.36. The summed E-state index contributed by atoms with van der Waals surface area (Å²) in [6, 6.07) is 78.8. The molecule has 0 aliphatic rings. The molecule has 0 radical (unpaired) electrons. The van der Waals surface area contributed by atoms with E-state index in [4.69, 9.17) is 0 Å². The van der Waals surface area contributed by atoms with E-state index < -0.39 is 0 Å². The number of fused-ring (bicyclic) bond motifs is 4. The van der Waals surface area contributed by atoms with Gasteiger partial charge >= 0.3 is 0 Å². The number of hydrogen-bond donors (Lipinski definition) is 0. The molecule has 0 saturated carbocycles. The second kappa shape index (κ2) is 13.4. The van der Waals surface area contributed by atoms with E-state index in [0.717, 1.165) is 22.7 Å². The molecule has 10 rings (SSSR count). The lowest BCUT2D eigenvalue weighted by molar-refractivity contribution is 1.18. The highest BCUT2D eigenvalue weighted by atomic mass is 15.1. The number of nitrogens with zero attached hydrogens (tertiary/aromatic N) is 2. The Bertz CT molecular complexity index is 2910. The maximum atomic E-state index is 2.42. The van der Waals surface area contributed by atoms with E-state index in [0.29, 0.717) is 0 Å². The van der Waals surface area contributed by atoms with Crippen LogP contribution in [0.15, 0.2) is 218 Å². The van der Waals surface area contributed by atoms with Crippen molar-refractivity contribution in [3.05, 3.63) is 218 Å². The van der Waals surface area contributed by atoms with Gasteiger partial charge in [-0.25, -0.2) is 0 Å². The van der Waals surface area contributed by atoms with Gasteiger partial charge < -0.3 is 9.47 Å². The van der Waals surface area contributed by atoms with Crippen LogP contribution in [-0.4, -0.2) is 4.57 Å². The van der Waals surface area contributed by atoms with Gasteiger partial charge in [0.15, 0.2) is 0 Å². The molecule has 0 N–H and O–H groups in total. The Morgan fingerprint density at radius 1 is 0.315 bits per heavy atom. The summed E-state index contributed by atoms with van der Waals surface area (Å²) in [5.41, 5.74) is 14.1. The van der Waals surface area contributed by atoms with Crippen LogP contribution in [0.1, 0.15) is 0 Å². The van der Waals surface area contributed by atoms with E-state index in [1.165, 1.54) is 66.0 Å². The van der Waals surface area contributed by atoms with E-state index in [9.17, 15) is 0 Å². The fourth-order valence-corrected chi connectivity index (χ4v) is 8.22. The Balaban J connectivity index is 1.26. The van der Waals surface area contributed by atoms with Crippen LogP contribution in [0.25, 0.3) is 71.6 Å². The number of rotatable bonds is 7. The first-order chi connectivity index (χ1) is 26.8. The van der Waals surface area contributed by atoms with Crippen LogP contribution >= 0.6 is 0 Å². The molecule has 0 spiro atoms. The van der Waals surface area contributed by atoms with Gasteiger partial charge in [-0.2, -0.15) is 0 Å². The molecule has 0 saturated heterocycles. The summed E-state index contributed by atoms with van der Waals surface area (Å²) in [6.07, 6.45) is 0. The summed E-state index contributed by atoms with van der Waals surface area (Å²) < 4.78 is 2.42. The van der Waals surface area contributed by atoms with E-state index in [1.54, 1.807) is 0 Å². The summed E-state index contributed by atoms with van der Waals surface area (Å²) in [6.45, 7) is 0. The average Bonchev–Trinajstić information content (AvgIpc) is 3.59. The van der Waals surface area contributed by atoms with Gasteiger partial charge in [0.2, 0.25) is 0 Å². The van der Waals surface area contributed by atoms with Gasteiger partial charge in [-0.3, -0.25) is 0 Å². The zero-order valence-electron chi connectivity index (χ0n) is 29.7. The van der Waals surface area contributed by atoms with Crippen molar-refractivity contribution >= 4 is 49.6 Å². The maximum Gasteiger partial charge on any atom is 0.0547 e. The summed E-state index contributed by atoms with van der Waals surface area (Å²) in [4.78, 5) is 2.42. The van der Waals surface area contributed by atoms with Gasteiger partial charge in [-0.1, -0.05) is 164 Å². The zero-order valence-corrected chi connectivity index (χ0v) is 29.7. The first-order valence-corrected chi connectivity index (χ1v) is 18.5. The third-order valence-corrected chi connectivity index (χ3v) is 10.6. The first kappa shape index (κ1) is 31.6. The molecule has 0 fully saturated rings. The molecule has 0 amide bonds. The molecule has 0 bridgehead atoms. The van der Waals surface area contributed by atoms with Gasteiger partial charge in [0, 0.05) is 33.2 Å². The highest BCUT2D eigenvalue weighted by Crippen LogP contribution is 2.46. The van der Waals surface area contributed by atoms with Crippen molar-refractivity contribution in [1.29, 1.82) is 0 Å². The van der Waals surface area contributed by atoms with Crippen LogP contribution in [0.2, 0.25) is 0 Å². The Kier molecular flexibility index (Phi) is 7.85. The lowest BCUT2D eigenvalue weighted by atomic mass is 9.92. The average molecular weight is 689 g/mol. The van der Waals surface area contributed by atoms with E-state index in [2.05, 4.69) is 228 Å². The molecule has 1 aromatic heterocycles. The van der Waals surface area contributed by atoms with Crippen LogP contribution in [0.5, 0.6) is 0 Å². The lowest BCUT2D eigenvalue weighted by Gasteiger charge is -2.27. The minimum atomic E-state index is 1.10. The van der Waals surface area contributed by atoms with Gasteiger partial charge in [0.25, 0.3) is 0 Å². The van der Waals surface area contributed by atoms with E-state index >= 15 is 0 Å². The van der Waals surface area contributed by atoms with Crippen molar-refractivity contribution in [2.45, 2.75) is 0 Å². The van der Waals surface area contributed by atoms with Gasteiger partial charge in [-0.15, -0.1) is 0 Å². The van der Waals surface area contributed by atoms with Crippen LogP contribution < -0.4 is 4.90 Å². The quantitative estimate of drug-likeness (QED) is 0.162. The second-order valence-corrected chi connectivity index (χ2v) is 13.7. The largest absolute Gasteiger partial charge is 0.310 e. The Morgan fingerprint density at radius 3 is 1.61 bits per heavy atom. The molecule has 9 aromatic carbocycles. The molecule has 0 atom stereocenters. The molecule has 0 unspecified atom stereocenters. The van der Waals surface area contributed by atoms with Crippen molar-refractivity contribution in [2.24, 2.45) is 0 Å². The van der Waals surface area contributed by atoms with Gasteiger partial charge in [-0.05, 0) is 93.4 Å². The van der Waals surface area contributed by atoms with Gasteiger partial charge in [0.1, 0.15) is 0 Å². The molecule has 2 heteroatoms. The molecule has 54 heavy (non-hydrogen) atoms. The highest BCUT2D eigenvalue weighted by Gasteiger charge is 2.22. The number of benzene rings is 9. The van der Waals surface area contributed by atoms with Crippen LogP contribution in [0.4, 0.5) is 17.1 Å². The third-order valence-electron chi connectivity index (χ3n) is 10.6. The van der Waals surface area contributed by atoms with Crippen molar-refractivity contribution < 1.29 is 0 Å². The molecule has 2 nitrogen and oxygen atoms in total. The minimum absolute atomic E-state index is 1.10. The van der Waals surface area contributed by atoms with Crippen LogP contribution in [0, 0.1) is 0 Å². The van der Waals surface area contributed by atoms with Crippen LogP contribution in [-0.2, 0) is 0 Å². The van der Waals surface area contributed by atoms with Crippen LogP contribution in [0.3, 0.4) is 0 Å². The Morgan fingerprint density at radius 2 is 0.889 bits per heavy atom. The zero-order chi connectivity index (χ0) is 35.8. The number of anilines is 3. The summed E-state index contributed by atoms with van der Waals surface area (Å²) in [7, 11) is 0. The highest BCUT2D eigenvalue weighted by molar-refractivity contribution is 6.18. The lowest BCUT2D eigenvalue weighted by Crippen LogP contribution is -2.10. The monoisotopic (exact) mass is 688 g/mol. The first-order valence-electron chi connectivity index (χ1n) is 18.5. The summed E-state index contributed by atoms with van der Waals surface area (Å²) in [5, 5.41) is 4.87. The SMILES string of the molecule is c1ccc(-c2ccccc2-c2cccc3c2c2cc(N(c4ccccc4)c4ccc(-c5ccccc5)c5ccccc45)ccc2n3-c2ccccc2)cc1. The predicted molar refractivity (Wildman–Crippen MR) is 229 cm³/mol. The standard InChI is InChI=1S/C52H36N2/c1-5-18-37(19-6-1)42-26-13-14-28-45(42)47-30-17-31-51-52(47)48-36-41(32-34-50(48)54(51)40-24-11-4-12-25-40)53(39-22-9-3-10-23-39)49-35-33-43(38-20-7-2-8-21-38)44-27-15-16-29-46(44)49/h1-36H. The van der Waals surface area contributed by atoms with Crippen molar-refractivity contribution in [3.8, 4) is 39.1 Å². The van der Waals surface area contributed by atoms with Gasteiger partial charge in [0.05, 0.1) is 16.7 Å². The number of para-hydroxylation sites is 2. The topological polar surface area (TPSA) is 8.17 Å². The number of aromatic nitrogens is 1. The summed E-state index contributed by atoms with van der Waals surface area (Å²) >= 11 is 0. The van der Waals surface area contributed by atoms with Crippen molar-refractivity contribution in [1.82, 2.24) is 4.57 Å². The smallest absolute Gasteiger partial charge is 0.0547 e. The predicted octanol–water partition coefficient (Wildman–Crippen LogP) is 14.4. The minimum Gasteiger partial charge on any atom is -0.310 e. The molecular formula is C52H36N2. The Labute approximate surface area is 315 Å². The fourth-order valence-electron chi connectivity index (χ4n) is 8.22. The van der Waals surface area contributed by atoms with E-state index in [-0.39, 0.29) is 0 Å². The molecule has 0 aliphatic carbocycles. The van der Waals surface area contributed by atoms with Crippen molar-refractivity contribution in [2.75, 3.05) is 4.90 Å². The molecule has 10 aromatic rings. The van der Waals surface area contributed by atoms with Crippen molar-refractivity contribution in [3.63, 3.8) is 0 Å². The Hall–Kier alpha value is -7.16. The fraction of sp³-hybridized carbons (Fsp3) is 0. The van der Waals surface area contributed by atoms with E-state index in [1.807, 2.05) is 0 Å². The second-order valence-electron chi connectivity index (χ2n) is 13.7. The normalized spacial score (nSPS) is 11.3. The number of hydrogen-bond acceptors (Lipinski definition) is 1. The molecule has 1 heterocycles. The molecule has 254 valence electrons. The summed E-state index contributed by atoms with van der Waals surface area (Å²) in [5.74, 6) is 0. The molecule has 0 aliphatic heterocycles. The maximum absolute atomic E-state index is 2.42. The molecular weight excluding hydrogens is 653 g/mol.